The second-order valence-corrected chi connectivity index (χ2v) is 8.07. The highest BCUT2D eigenvalue weighted by Gasteiger charge is 2.10. The van der Waals surface area contributed by atoms with Crippen molar-refractivity contribution in [3.8, 4) is 10.6 Å². The topological polar surface area (TPSA) is 121 Å². The van der Waals surface area contributed by atoms with Crippen molar-refractivity contribution in [3.63, 3.8) is 0 Å². The lowest BCUT2D eigenvalue weighted by Crippen LogP contribution is -1.98. The Morgan fingerprint density at radius 3 is 2.50 bits per heavy atom. The van der Waals surface area contributed by atoms with Crippen LogP contribution in [0.25, 0.3) is 10.6 Å². The van der Waals surface area contributed by atoms with Gasteiger partial charge in [0.2, 0.25) is 5.95 Å². The van der Waals surface area contributed by atoms with E-state index >= 15 is 0 Å². The molecular weight excluding hydrogens is 448 g/mol. The van der Waals surface area contributed by atoms with Crippen LogP contribution in [0.2, 0.25) is 5.02 Å². The first kappa shape index (κ1) is 23.4. The number of carboxylic acid groups (broad SMARTS) is 1. The van der Waals surface area contributed by atoms with E-state index in [0.717, 1.165) is 38.1 Å². The van der Waals surface area contributed by atoms with Crippen molar-refractivity contribution in [2.24, 2.45) is 5.73 Å². The van der Waals surface area contributed by atoms with Gasteiger partial charge in [-0.15, -0.1) is 11.3 Å². The van der Waals surface area contributed by atoms with Crippen LogP contribution in [0.15, 0.2) is 72.9 Å². The van der Waals surface area contributed by atoms with Crippen LogP contribution >= 0.6 is 22.9 Å². The van der Waals surface area contributed by atoms with Crippen molar-refractivity contribution in [2.45, 2.75) is 13.2 Å². The molecule has 9 heteroatoms. The van der Waals surface area contributed by atoms with Crippen LogP contribution < -0.4 is 11.1 Å². The lowest BCUT2D eigenvalue weighted by atomic mass is 10.2. The minimum atomic E-state index is -0.950. The standard InChI is InChI=1S/C16H13N3O3S.C7H8ClN/c20-9-10-2-1-3-11(8-10)18-16-17-7-6-12(19-16)13-4-5-14(23-13)15(21)22;8-7-3-1-6(5-9)2-4-7/h1-8,20H,9H2,(H,21,22)(H,17,18,19);1-4H,5,9H2. The SMILES string of the molecule is NCc1ccc(Cl)cc1.O=C(O)c1ccc(-c2ccnc(Nc3cccc(CO)c3)n2)s1. The number of rotatable bonds is 6. The molecule has 32 heavy (non-hydrogen) atoms. The minimum Gasteiger partial charge on any atom is -0.477 e. The second kappa shape index (κ2) is 11.4. The van der Waals surface area contributed by atoms with Crippen molar-refractivity contribution in [1.29, 1.82) is 0 Å². The predicted octanol–water partition coefficient (Wildman–Crippen LogP) is 4.94. The van der Waals surface area contributed by atoms with Gasteiger partial charge in [0, 0.05) is 23.5 Å². The quantitative estimate of drug-likeness (QED) is 0.316. The zero-order chi connectivity index (χ0) is 22.9. The van der Waals surface area contributed by atoms with Gasteiger partial charge in [-0.1, -0.05) is 35.9 Å². The van der Waals surface area contributed by atoms with E-state index in [1.807, 2.05) is 48.5 Å². The number of nitrogens with one attached hydrogen (secondary N) is 1. The van der Waals surface area contributed by atoms with Gasteiger partial charge >= 0.3 is 5.97 Å². The summed E-state index contributed by atoms with van der Waals surface area (Å²) < 4.78 is 0. The molecule has 2 aromatic heterocycles. The van der Waals surface area contributed by atoms with E-state index in [-0.39, 0.29) is 11.5 Å². The Bertz CT molecular complexity index is 1180. The zero-order valence-corrected chi connectivity index (χ0v) is 18.5. The summed E-state index contributed by atoms with van der Waals surface area (Å²) in [7, 11) is 0. The second-order valence-electron chi connectivity index (χ2n) is 6.55. The molecular formula is C23H21ClN4O3S. The van der Waals surface area contributed by atoms with Crippen molar-refractivity contribution in [2.75, 3.05) is 5.32 Å². The van der Waals surface area contributed by atoms with Gasteiger partial charge in [-0.2, -0.15) is 0 Å². The number of nitrogens with two attached hydrogens (primary N) is 1. The van der Waals surface area contributed by atoms with E-state index in [0.29, 0.717) is 18.2 Å². The third-order valence-corrected chi connectivity index (χ3v) is 5.59. The highest BCUT2D eigenvalue weighted by Crippen LogP contribution is 2.27. The fraction of sp³-hybridized carbons (Fsp3) is 0.0870. The van der Waals surface area contributed by atoms with E-state index in [1.165, 1.54) is 0 Å². The Kier molecular flexibility index (Phi) is 8.29. The number of aliphatic hydroxyl groups is 1. The molecule has 0 amide bonds. The van der Waals surface area contributed by atoms with E-state index < -0.39 is 5.97 Å². The highest BCUT2D eigenvalue weighted by atomic mass is 35.5. The average Bonchev–Trinajstić information content (AvgIpc) is 3.31. The lowest BCUT2D eigenvalue weighted by Gasteiger charge is -2.07. The molecule has 5 N–H and O–H groups in total. The largest absolute Gasteiger partial charge is 0.477 e. The maximum absolute atomic E-state index is 11.0. The first-order valence-corrected chi connectivity index (χ1v) is 10.8. The van der Waals surface area contributed by atoms with E-state index in [4.69, 9.17) is 27.5 Å². The van der Waals surface area contributed by atoms with E-state index in [1.54, 1.807) is 24.4 Å². The summed E-state index contributed by atoms with van der Waals surface area (Å²) in [6.45, 7) is 0.542. The number of carboxylic acids is 1. The van der Waals surface area contributed by atoms with E-state index in [9.17, 15) is 4.79 Å². The van der Waals surface area contributed by atoms with Crippen molar-refractivity contribution < 1.29 is 15.0 Å². The number of aliphatic hydroxyl groups excluding tert-OH is 1. The van der Waals surface area contributed by atoms with Gasteiger partial charge in [0.1, 0.15) is 4.88 Å². The summed E-state index contributed by atoms with van der Waals surface area (Å²) in [5.74, 6) is -0.544. The van der Waals surface area contributed by atoms with Crippen molar-refractivity contribution in [1.82, 2.24) is 9.97 Å². The smallest absolute Gasteiger partial charge is 0.345 e. The summed E-state index contributed by atoms with van der Waals surface area (Å²) in [5.41, 5.74) is 8.68. The number of halogens is 1. The average molecular weight is 469 g/mol. The normalized spacial score (nSPS) is 10.2. The third kappa shape index (κ3) is 6.60. The Balaban J connectivity index is 0.000000269. The van der Waals surface area contributed by atoms with Crippen LogP contribution in [0.1, 0.15) is 20.8 Å². The monoisotopic (exact) mass is 468 g/mol. The fourth-order valence-corrected chi connectivity index (χ4v) is 3.58. The molecule has 0 bridgehead atoms. The van der Waals surface area contributed by atoms with Crippen molar-refractivity contribution in [3.05, 3.63) is 94.0 Å². The summed E-state index contributed by atoms with van der Waals surface area (Å²) in [5, 5.41) is 22.0. The van der Waals surface area contributed by atoms with Gasteiger partial charge in [0.05, 0.1) is 17.2 Å². The molecule has 0 aliphatic carbocycles. The van der Waals surface area contributed by atoms with Crippen LogP contribution in [0.4, 0.5) is 11.6 Å². The number of hydrogen-bond donors (Lipinski definition) is 4. The van der Waals surface area contributed by atoms with Crippen molar-refractivity contribution >= 4 is 40.5 Å². The van der Waals surface area contributed by atoms with E-state index in [2.05, 4.69) is 15.3 Å². The highest BCUT2D eigenvalue weighted by molar-refractivity contribution is 7.17. The molecule has 0 radical (unpaired) electrons. The number of carbonyl (C=O) groups is 1. The van der Waals surface area contributed by atoms with Crippen LogP contribution in [0.5, 0.6) is 0 Å². The minimum absolute atomic E-state index is 0.0381. The molecule has 0 aliphatic rings. The van der Waals surface area contributed by atoms with Crippen LogP contribution in [-0.2, 0) is 13.2 Å². The molecule has 0 unspecified atom stereocenters. The molecule has 0 fully saturated rings. The van der Waals surface area contributed by atoms with Gasteiger partial charge in [0.25, 0.3) is 0 Å². The number of hydrogen-bond acceptors (Lipinski definition) is 7. The number of aromatic carboxylic acids is 1. The van der Waals surface area contributed by atoms with Gasteiger partial charge in [-0.25, -0.2) is 14.8 Å². The third-order valence-electron chi connectivity index (χ3n) is 4.24. The predicted molar refractivity (Wildman–Crippen MR) is 127 cm³/mol. The Labute approximate surface area is 194 Å². The molecule has 0 aliphatic heterocycles. The first-order valence-electron chi connectivity index (χ1n) is 9.56. The van der Waals surface area contributed by atoms with Gasteiger partial charge in [0.15, 0.2) is 0 Å². The molecule has 4 rings (SSSR count). The fourth-order valence-electron chi connectivity index (χ4n) is 2.64. The number of aromatic nitrogens is 2. The first-order chi connectivity index (χ1) is 15.5. The summed E-state index contributed by atoms with van der Waals surface area (Å²) in [4.78, 5) is 20.5. The summed E-state index contributed by atoms with van der Waals surface area (Å²) >= 11 is 6.79. The van der Waals surface area contributed by atoms with Gasteiger partial charge < -0.3 is 21.3 Å². The van der Waals surface area contributed by atoms with Gasteiger partial charge in [-0.05, 0) is 53.6 Å². The molecule has 4 aromatic rings. The lowest BCUT2D eigenvalue weighted by molar-refractivity contribution is 0.0702. The summed E-state index contributed by atoms with van der Waals surface area (Å²) in [6, 6.07) is 19.8. The van der Waals surface area contributed by atoms with Gasteiger partial charge in [-0.3, -0.25) is 0 Å². The number of anilines is 2. The molecule has 164 valence electrons. The number of benzene rings is 2. The van der Waals surface area contributed by atoms with Crippen LogP contribution in [0.3, 0.4) is 0 Å². The molecule has 0 atom stereocenters. The molecule has 2 aromatic carbocycles. The number of thiophene rings is 1. The van der Waals surface area contributed by atoms with Crippen LogP contribution in [-0.4, -0.2) is 26.2 Å². The zero-order valence-electron chi connectivity index (χ0n) is 16.9. The number of nitrogens with zero attached hydrogens (tertiary/aromatic N) is 2. The maximum Gasteiger partial charge on any atom is 0.345 e. The van der Waals surface area contributed by atoms with Crippen LogP contribution in [0, 0.1) is 0 Å². The Morgan fingerprint density at radius 1 is 1.06 bits per heavy atom. The molecule has 7 nitrogen and oxygen atoms in total. The molecule has 2 heterocycles. The Morgan fingerprint density at radius 2 is 1.84 bits per heavy atom. The molecule has 0 saturated carbocycles. The summed E-state index contributed by atoms with van der Waals surface area (Å²) in [6.07, 6.45) is 1.61. The maximum atomic E-state index is 11.0. The Hall–Kier alpha value is -3.30. The molecule has 0 spiro atoms. The molecule has 0 saturated heterocycles.